The fraction of sp³-hybridized carbons (Fsp3) is 1.00. The van der Waals surface area contributed by atoms with E-state index in [1.165, 1.54) is 6.42 Å². The van der Waals surface area contributed by atoms with E-state index in [-0.39, 0.29) is 36.5 Å². The lowest BCUT2D eigenvalue weighted by Gasteiger charge is -2.55. The molecule has 20 atom stereocenters. The third-order valence-corrected chi connectivity index (χ3v) is 14.1. The lowest BCUT2D eigenvalue weighted by Crippen LogP contribution is -2.69. The predicted molar refractivity (Wildman–Crippen MR) is 194 cm³/mol. The van der Waals surface area contributed by atoms with Gasteiger partial charge in [0.05, 0.1) is 59.8 Å². The molecule has 4 bridgehead atoms. The molecule has 6 fully saturated rings. The topological polar surface area (TPSA) is 158 Å². The fourth-order valence-electron chi connectivity index (χ4n) is 11.0. The van der Waals surface area contributed by atoms with Gasteiger partial charge in [0.1, 0.15) is 17.8 Å². The Balaban J connectivity index is 1.42. The smallest absolute Gasteiger partial charge is 0.286 e. The molecule has 6 saturated heterocycles. The summed E-state index contributed by atoms with van der Waals surface area (Å²) < 4.78 is 52.8. The zero-order valence-electron chi connectivity index (χ0n) is 34.1. The van der Waals surface area contributed by atoms with Gasteiger partial charge in [-0.3, -0.25) is 4.90 Å². The Kier molecular flexibility index (Phi) is 12.5. The monoisotopic (exact) mass is 757 g/mol. The molecule has 0 aromatic heterocycles. The van der Waals surface area contributed by atoms with Crippen LogP contribution in [0.5, 0.6) is 0 Å². The number of fused-ring (bicyclic) bond motifs is 4. The molecule has 0 saturated carbocycles. The third-order valence-electron chi connectivity index (χ3n) is 14.1. The van der Waals surface area contributed by atoms with Crippen molar-refractivity contribution >= 4 is 0 Å². The lowest BCUT2D eigenvalue weighted by atomic mass is 9.74. The van der Waals surface area contributed by atoms with Crippen molar-refractivity contribution in [2.24, 2.45) is 23.7 Å². The summed E-state index contributed by atoms with van der Waals surface area (Å²) in [5.41, 5.74) is -3.28. The van der Waals surface area contributed by atoms with Crippen LogP contribution in [0.3, 0.4) is 0 Å². The highest BCUT2D eigenvalue weighted by atomic mass is 16.8. The van der Waals surface area contributed by atoms with Gasteiger partial charge < -0.3 is 58.3 Å². The number of hydrogen-bond acceptors (Lipinski definition) is 13. The van der Waals surface area contributed by atoms with Crippen molar-refractivity contribution in [2.45, 2.75) is 211 Å². The van der Waals surface area contributed by atoms with Gasteiger partial charge in [-0.1, -0.05) is 41.0 Å². The van der Waals surface area contributed by atoms with Crippen LogP contribution < -0.4 is 0 Å². The van der Waals surface area contributed by atoms with Crippen LogP contribution in [0, 0.1) is 23.7 Å². The highest BCUT2D eigenvalue weighted by Crippen LogP contribution is 2.52. The Hall–Kier alpha value is -0.520. The number of piperidine rings is 1. The largest absolute Gasteiger partial charge is 0.387 e. The van der Waals surface area contributed by atoms with Crippen LogP contribution in [0.4, 0.5) is 0 Å². The molecule has 6 rings (SSSR count). The molecule has 13 nitrogen and oxygen atoms in total. The van der Waals surface area contributed by atoms with Gasteiger partial charge in [0.2, 0.25) is 0 Å². The average Bonchev–Trinajstić information content (AvgIpc) is 3.43. The van der Waals surface area contributed by atoms with E-state index in [0.717, 1.165) is 25.9 Å². The lowest BCUT2D eigenvalue weighted by molar-refractivity contribution is -0.481. The van der Waals surface area contributed by atoms with Crippen molar-refractivity contribution in [2.75, 3.05) is 20.2 Å². The van der Waals surface area contributed by atoms with Crippen LogP contribution in [-0.2, 0) is 37.9 Å². The molecular formula is C40H71NO12. The van der Waals surface area contributed by atoms with E-state index in [0.29, 0.717) is 19.3 Å². The van der Waals surface area contributed by atoms with Crippen molar-refractivity contribution in [3.63, 3.8) is 0 Å². The molecule has 0 aliphatic carbocycles. The second kappa shape index (κ2) is 15.7. The molecule has 53 heavy (non-hydrogen) atoms. The summed E-state index contributed by atoms with van der Waals surface area (Å²) in [6.07, 6.45) is -2.44. The Labute approximate surface area is 317 Å². The first-order chi connectivity index (χ1) is 24.8. The summed E-state index contributed by atoms with van der Waals surface area (Å²) in [5.74, 6) is -3.86. The minimum Gasteiger partial charge on any atom is -0.387 e. The number of aliphatic hydroxyl groups is 4. The summed E-state index contributed by atoms with van der Waals surface area (Å²) in [6.45, 7) is 21.2. The van der Waals surface area contributed by atoms with Crippen LogP contribution >= 0.6 is 0 Å². The maximum atomic E-state index is 12.6. The molecule has 7 unspecified atom stereocenters. The number of likely N-dealkylation sites (tertiary alicyclic amines) is 1. The predicted octanol–water partition coefficient (Wildman–Crippen LogP) is 3.70. The zero-order valence-corrected chi connectivity index (χ0v) is 34.1. The molecule has 4 N–H and O–H groups in total. The first kappa shape index (κ1) is 42.1. The standard InChI is InChI=1S/C40H71NO12/c1-12-28-39(10,44)35-23(4)31-21(2)19-38(9,52-31)34(50-36-30(42)27(18-22(3)47-36)41-16-14-13-15-17-41)24(5)32(25(6)40(45,51-28)53-35)49-29-20-37(8,46-11)33(43)26(7)48-29/h21-36,42-45H,12-20H2,1-11H3/t21-,22?,23-,24-,25+,26?,27?,28+,29-,30?,31?,32-,33-,34+,35+,36-,37?,38?,39+,40-/m0/s1. The fourth-order valence-corrected chi connectivity index (χ4v) is 11.0. The highest BCUT2D eigenvalue weighted by molar-refractivity contribution is 5.07. The Morgan fingerprint density at radius 1 is 0.830 bits per heavy atom. The highest BCUT2D eigenvalue weighted by Gasteiger charge is 2.64. The quantitative estimate of drug-likeness (QED) is 0.298. The van der Waals surface area contributed by atoms with E-state index in [4.69, 9.17) is 37.9 Å². The van der Waals surface area contributed by atoms with Gasteiger partial charge in [0.15, 0.2) is 12.6 Å². The van der Waals surface area contributed by atoms with E-state index in [1.807, 2.05) is 41.5 Å². The molecule has 13 heteroatoms. The first-order valence-electron chi connectivity index (χ1n) is 20.5. The molecule has 6 aliphatic heterocycles. The number of hydrogen-bond donors (Lipinski definition) is 4. The summed E-state index contributed by atoms with van der Waals surface area (Å²) in [4.78, 5) is 2.38. The molecule has 0 aromatic rings. The summed E-state index contributed by atoms with van der Waals surface area (Å²) in [5, 5.41) is 47.6. The SMILES string of the molecule is CC[C@H]1O[C@]2(O)O[C@H]([C@@H](C)C3OC(C)(C[C@@H]3C)[C@H](O[C@@H]3OC(C)CC(N4CCCCC4)C3O)[C@@H](C)[C@H](O[C@H]3CC(C)(OC)[C@@H](O)C(C)O3)[C@H]2C)[C@]1(C)O. The number of rotatable bonds is 7. The van der Waals surface area contributed by atoms with E-state index >= 15 is 0 Å². The first-order valence-corrected chi connectivity index (χ1v) is 20.5. The Morgan fingerprint density at radius 3 is 2.15 bits per heavy atom. The van der Waals surface area contributed by atoms with Crippen LogP contribution in [-0.4, -0.2) is 142 Å². The van der Waals surface area contributed by atoms with Gasteiger partial charge >= 0.3 is 0 Å². The van der Waals surface area contributed by atoms with Crippen molar-refractivity contribution in [1.29, 1.82) is 0 Å². The van der Waals surface area contributed by atoms with Crippen LogP contribution in [0.1, 0.15) is 114 Å². The summed E-state index contributed by atoms with van der Waals surface area (Å²) in [7, 11) is 1.56. The number of methoxy groups -OCH3 is 1. The maximum absolute atomic E-state index is 12.6. The number of ether oxygens (including phenoxy) is 8. The van der Waals surface area contributed by atoms with E-state index in [1.54, 1.807) is 21.0 Å². The summed E-state index contributed by atoms with van der Waals surface area (Å²) >= 11 is 0. The molecule has 308 valence electrons. The van der Waals surface area contributed by atoms with Gasteiger partial charge in [0.25, 0.3) is 5.97 Å². The summed E-state index contributed by atoms with van der Waals surface area (Å²) in [6, 6.07) is -0.109. The van der Waals surface area contributed by atoms with Crippen molar-refractivity contribution in [3.8, 4) is 0 Å². The Morgan fingerprint density at radius 2 is 1.51 bits per heavy atom. The molecule has 0 amide bonds. The van der Waals surface area contributed by atoms with E-state index in [2.05, 4.69) is 18.7 Å². The van der Waals surface area contributed by atoms with Crippen molar-refractivity contribution < 1.29 is 58.3 Å². The Bertz CT molecular complexity index is 1240. The van der Waals surface area contributed by atoms with Gasteiger partial charge in [-0.05, 0) is 85.7 Å². The maximum Gasteiger partial charge on any atom is 0.286 e. The molecule has 6 heterocycles. The normalized spacial score (nSPS) is 55.8. The minimum atomic E-state index is -2.17. The van der Waals surface area contributed by atoms with Crippen molar-refractivity contribution in [1.82, 2.24) is 4.90 Å². The molecule has 0 aromatic carbocycles. The van der Waals surface area contributed by atoms with Gasteiger partial charge in [-0.25, -0.2) is 0 Å². The molecular weight excluding hydrogens is 686 g/mol. The van der Waals surface area contributed by atoms with Crippen molar-refractivity contribution in [3.05, 3.63) is 0 Å². The molecule has 0 spiro atoms. The van der Waals surface area contributed by atoms with Gasteiger partial charge in [-0.15, -0.1) is 0 Å². The van der Waals surface area contributed by atoms with Gasteiger partial charge in [0, 0.05) is 31.4 Å². The van der Waals surface area contributed by atoms with Crippen LogP contribution in [0.15, 0.2) is 0 Å². The number of nitrogens with zero attached hydrogens (tertiary/aromatic N) is 1. The molecule has 6 aliphatic rings. The molecule has 0 radical (unpaired) electrons. The average molecular weight is 758 g/mol. The van der Waals surface area contributed by atoms with Gasteiger partial charge in [-0.2, -0.15) is 0 Å². The van der Waals surface area contributed by atoms with Crippen LogP contribution in [0.2, 0.25) is 0 Å². The third kappa shape index (κ3) is 7.76. The van der Waals surface area contributed by atoms with E-state index < -0.39 is 89.9 Å². The second-order valence-electron chi connectivity index (χ2n) is 18.3. The zero-order chi connectivity index (χ0) is 38.8. The van der Waals surface area contributed by atoms with E-state index in [9.17, 15) is 20.4 Å². The second-order valence-corrected chi connectivity index (χ2v) is 18.3. The minimum absolute atomic E-state index is 0.0311. The number of aliphatic hydroxyl groups excluding tert-OH is 2. The van der Waals surface area contributed by atoms with Crippen LogP contribution in [0.25, 0.3) is 0 Å².